The first kappa shape index (κ1) is 22.6. The molecule has 180 valence electrons. The Bertz CT molecular complexity index is 1460. The van der Waals surface area contributed by atoms with E-state index in [-0.39, 0.29) is 30.2 Å². The minimum absolute atomic E-state index is 0.00545. The fourth-order valence-electron chi connectivity index (χ4n) is 4.99. The fourth-order valence-corrected chi connectivity index (χ4v) is 5.20. The number of rotatable bonds is 5. The molecule has 0 spiro atoms. The number of amides is 2. The Morgan fingerprint density at radius 1 is 0.889 bits per heavy atom. The summed E-state index contributed by atoms with van der Waals surface area (Å²) >= 11 is 6.32. The van der Waals surface area contributed by atoms with Crippen LogP contribution in [0.4, 0.5) is 10.1 Å². The smallest absolute Gasteiger partial charge is 0.256 e. The van der Waals surface area contributed by atoms with E-state index in [1.165, 1.54) is 12.1 Å². The van der Waals surface area contributed by atoms with Crippen molar-refractivity contribution in [3.05, 3.63) is 119 Å². The van der Waals surface area contributed by atoms with E-state index in [9.17, 15) is 14.0 Å². The number of anilines is 1. The van der Waals surface area contributed by atoms with Crippen molar-refractivity contribution in [2.45, 2.75) is 24.9 Å². The number of nitrogens with zero attached hydrogens (tertiary/aromatic N) is 3. The molecule has 7 heteroatoms. The summed E-state index contributed by atoms with van der Waals surface area (Å²) in [5.41, 5.74) is 3.68. The largest absolute Gasteiger partial charge is 0.326 e. The Hall–Kier alpha value is -3.90. The van der Waals surface area contributed by atoms with Gasteiger partial charge in [-0.15, -0.1) is 0 Å². The molecule has 1 unspecified atom stereocenters. The van der Waals surface area contributed by atoms with Gasteiger partial charge in [0.15, 0.2) is 0 Å². The Labute approximate surface area is 213 Å². The van der Waals surface area contributed by atoms with Crippen LogP contribution in [0.3, 0.4) is 0 Å². The third-order valence-corrected chi connectivity index (χ3v) is 7.16. The monoisotopic (exact) mass is 499 g/mol. The van der Waals surface area contributed by atoms with Crippen LogP contribution in [0.1, 0.15) is 40.5 Å². The first-order valence-electron chi connectivity index (χ1n) is 11.9. The van der Waals surface area contributed by atoms with Gasteiger partial charge in [0.25, 0.3) is 5.91 Å². The van der Waals surface area contributed by atoms with E-state index in [1.807, 2.05) is 42.6 Å². The first-order chi connectivity index (χ1) is 17.5. The van der Waals surface area contributed by atoms with Crippen LogP contribution in [0.15, 0.2) is 91.1 Å². The molecular weight excluding hydrogens is 477 g/mol. The molecule has 0 radical (unpaired) electrons. The Morgan fingerprint density at radius 3 is 2.31 bits per heavy atom. The number of carbonyl (C=O) groups is 2. The van der Waals surface area contributed by atoms with Gasteiger partial charge in [0.1, 0.15) is 18.4 Å². The molecule has 1 aliphatic carbocycles. The Kier molecular flexibility index (Phi) is 5.61. The van der Waals surface area contributed by atoms with E-state index >= 15 is 0 Å². The molecule has 1 saturated carbocycles. The molecule has 1 aromatic heterocycles. The highest BCUT2D eigenvalue weighted by Crippen LogP contribution is 2.42. The molecule has 36 heavy (non-hydrogen) atoms. The molecule has 0 bridgehead atoms. The molecule has 1 atom stereocenters. The summed E-state index contributed by atoms with van der Waals surface area (Å²) in [5, 5.41) is 0.367. The fraction of sp³-hybridized carbons (Fsp3) is 0.172. The predicted octanol–water partition coefficient (Wildman–Crippen LogP) is 6.01. The van der Waals surface area contributed by atoms with Crippen molar-refractivity contribution >= 4 is 29.1 Å². The molecule has 2 amide bonds. The minimum Gasteiger partial charge on any atom is -0.326 e. The van der Waals surface area contributed by atoms with Crippen molar-refractivity contribution in [1.29, 1.82) is 0 Å². The number of halogens is 2. The van der Waals surface area contributed by atoms with E-state index in [1.54, 1.807) is 46.2 Å². The standard InChI is InChI=1S/C29H23ClFN3O2/c30-23-7-2-1-6-22(23)29(36)33(21-15-16-21)18-27(35)34-25-9-4-3-8-24(25)32-17-5-10-26(32)28(34)19-11-13-20(31)14-12-19/h1-14,17,21,28H,15-16,18H2. The molecule has 2 aliphatic rings. The lowest BCUT2D eigenvalue weighted by Gasteiger charge is -2.39. The number of para-hydroxylation sites is 2. The molecule has 4 aromatic rings. The molecule has 1 aliphatic heterocycles. The molecule has 6 rings (SSSR count). The van der Waals surface area contributed by atoms with Crippen molar-refractivity contribution in [2.24, 2.45) is 0 Å². The van der Waals surface area contributed by atoms with Gasteiger partial charge >= 0.3 is 0 Å². The molecule has 3 aromatic carbocycles. The quantitative estimate of drug-likeness (QED) is 0.337. The highest BCUT2D eigenvalue weighted by molar-refractivity contribution is 6.33. The second-order valence-electron chi connectivity index (χ2n) is 9.15. The summed E-state index contributed by atoms with van der Waals surface area (Å²) in [4.78, 5) is 31.0. The van der Waals surface area contributed by atoms with Gasteiger partial charge in [-0.2, -0.15) is 0 Å². The molecule has 5 nitrogen and oxygen atoms in total. The number of hydrogen-bond donors (Lipinski definition) is 0. The average Bonchev–Trinajstić information content (AvgIpc) is 3.62. The number of carbonyl (C=O) groups excluding carboxylic acids is 2. The van der Waals surface area contributed by atoms with E-state index < -0.39 is 6.04 Å². The molecule has 2 heterocycles. The van der Waals surface area contributed by atoms with Crippen molar-refractivity contribution < 1.29 is 14.0 Å². The summed E-state index contributed by atoms with van der Waals surface area (Å²) in [6, 6.07) is 24.3. The SMILES string of the molecule is O=C(c1ccccc1Cl)N(CC(=O)N1c2ccccc2-n2cccc2C1c1ccc(F)cc1)C1CC1. The van der Waals surface area contributed by atoms with E-state index in [4.69, 9.17) is 11.6 Å². The van der Waals surface area contributed by atoms with Gasteiger partial charge in [-0.25, -0.2) is 4.39 Å². The van der Waals surface area contributed by atoms with Gasteiger partial charge in [-0.1, -0.05) is 48.0 Å². The van der Waals surface area contributed by atoms with Gasteiger partial charge in [0.05, 0.1) is 27.7 Å². The summed E-state index contributed by atoms with van der Waals surface area (Å²) in [6.07, 6.45) is 3.67. The zero-order chi connectivity index (χ0) is 24.8. The number of fused-ring (bicyclic) bond motifs is 3. The second kappa shape index (κ2) is 8.95. The minimum atomic E-state index is -0.473. The van der Waals surface area contributed by atoms with Crippen LogP contribution in [0, 0.1) is 5.82 Å². The first-order valence-corrected chi connectivity index (χ1v) is 12.3. The molecule has 1 fully saturated rings. The normalized spacial score (nSPS) is 16.3. The van der Waals surface area contributed by atoms with E-state index in [2.05, 4.69) is 4.57 Å². The van der Waals surface area contributed by atoms with E-state index in [0.717, 1.165) is 35.5 Å². The maximum Gasteiger partial charge on any atom is 0.256 e. The van der Waals surface area contributed by atoms with Crippen LogP contribution >= 0.6 is 11.6 Å². The Balaban J connectivity index is 1.42. The van der Waals surface area contributed by atoms with Crippen molar-refractivity contribution in [3.63, 3.8) is 0 Å². The van der Waals surface area contributed by atoms with Crippen molar-refractivity contribution in [2.75, 3.05) is 11.4 Å². The van der Waals surface area contributed by atoms with Crippen LogP contribution in [-0.2, 0) is 4.79 Å². The highest BCUT2D eigenvalue weighted by atomic mass is 35.5. The average molecular weight is 500 g/mol. The summed E-state index contributed by atoms with van der Waals surface area (Å²) in [5.74, 6) is -0.798. The summed E-state index contributed by atoms with van der Waals surface area (Å²) < 4.78 is 15.9. The number of hydrogen-bond acceptors (Lipinski definition) is 2. The predicted molar refractivity (Wildman–Crippen MR) is 137 cm³/mol. The zero-order valence-corrected chi connectivity index (χ0v) is 20.1. The molecular formula is C29H23ClFN3O2. The van der Waals surface area contributed by atoms with Crippen LogP contribution in [-0.4, -0.2) is 33.9 Å². The topological polar surface area (TPSA) is 45.6 Å². The van der Waals surface area contributed by atoms with Gasteiger partial charge in [0.2, 0.25) is 5.91 Å². The zero-order valence-electron chi connectivity index (χ0n) is 19.4. The molecule has 0 saturated heterocycles. The lowest BCUT2D eigenvalue weighted by atomic mass is 9.97. The Morgan fingerprint density at radius 2 is 1.58 bits per heavy atom. The maximum atomic E-state index is 14.1. The molecule has 0 N–H and O–H groups in total. The maximum absolute atomic E-state index is 14.1. The number of benzene rings is 3. The third kappa shape index (κ3) is 3.88. The summed E-state index contributed by atoms with van der Waals surface area (Å²) in [6.45, 7) is -0.0819. The lowest BCUT2D eigenvalue weighted by Crippen LogP contribution is -2.47. The van der Waals surface area contributed by atoms with Gasteiger partial charge < -0.3 is 9.47 Å². The lowest BCUT2D eigenvalue weighted by molar-refractivity contribution is -0.119. The van der Waals surface area contributed by atoms with Crippen LogP contribution in [0.2, 0.25) is 5.02 Å². The number of aromatic nitrogens is 1. The second-order valence-corrected chi connectivity index (χ2v) is 9.56. The van der Waals surface area contributed by atoms with Crippen LogP contribution in [0.25, 0.3) is 5.69 Å². The van der Waals surface area contributed by atoms with Crippen molar-refractivity contribution in [3.8, 4) is 5.69 Å². The highest BCUT2D eigenvalue weighted by Gasteiger charge is 2.40. The van der Waals surface area contributed by atoms with Gasteiger partial charge in [-0.3, -0.25) is 14.5 Å². The van der Waals surface area contributed by atoms with Crippen LogP contribution < -0.4 is 4.90 Å². The third-order valence-electron chi connectivity index (χ3n) is 6.83. The van der Waals surface area contributed by atoms with E-state index in [0.29, 0.717) is 10.6 Å². The van der Waals surface area contributed by atoms with Gasteiger partial charge in [0, 0.05) is 12.2 Å². The summed E-state index contributed by atoms with van der Waals surface area (Å²) in [7, 11) is 0. The van der Waals surface area contributed by atoms with Gasteiger partial charge in [-0.05, 0) is 66.9 Å². The van der Waals surface area contributed by atoms with Crippen LogP contribution in [0.5, 0.6) is 0 Å². The van der Waals surface area contributed by atoms with Crippen molar-refractivity contribution in [1.82, 2.24) is 9.47 Å².